The zero-order valence-electron chi connectivity index (χ0n) is 6.20. The summed E-state index contributed by atoms with van der Waals surface area (Å²) in [6.45, 7) is 0. The van der Waals surface area contributed by atoms with Gasteiger partial charge in [0.05, 0.1) is 0 Å². The third-order valence-corrected chi connectivity index (χ3v) is 6.37. The molecule has 2 N–H and O–H groups in total. The Bertz CT molecular complexity index is 346. The molecule has 0 atom stereocenters. The van der Waals surface area contributed by atoms with Gasteiger partial charge in [0, 0.05) is 0 Å². The number of hydrogen-bond acceptors (Lipinski definition) is 3. The molecule has 66 valence electrons. The third kappa shape index (κ3) is 1.07. The summed E-state index contributed by atoms with van der Waals surface area (Å²) in [4.78, 5) is 11.2. The molecule has 0 bridgehead atoms. The Hall–Kier alpha value is -0.460. The van der Waals surface area contributed by atoms with Crippen molar-refractivity contribution in [3.8, 4) is 0 Å². The molecule has 1 aliphatic heterocycles. The van der Waals surface area contributed by atoms with E-state index < -0.39 is 19.3 Å². The van der Waals surface area contributed by atoms with Crippen LogP contribution in [0.5, 0.6) is 0 Å². The van der Waals surface area contributed by atoms with Crippen LogP contribution in [0, 0.1) is 3.57 Å². The molecule has 0 saturated carbocycles. The predicted octanol–water partition coefficient (Wildman–Crippen LogP) is -2.97. The Morgan fingerprint density at radius 2 is 1.92 bits per heavy atom. The Balaban J connectivity index is 2.66. The number of fused-ring (bicyclic) bond motifs is 1. The summed E-state index contributed by atoms with van der Waals surface area (Å²) in [6.07, 6.45) is 0. The molecule has 1 aromatic rings. The average Bonchev–Trinajstić information content (AvgIpc) is 2.25. The van der Waals surface area contributed by atoms with Gasteiger partial charge < -0.3 is 0 Å². The van der Waals surface area contributed by atoms with E-state index in [1.54, 1.807) is 24.3 Å². The number of alkyl halides is 1. The molecule has 0 spiro atoms. The first-order chi connectivity index (χ1) is 5.61. The SMILES string of the molecule is O=C1C[I-](O)(O)c2ccccc21. The molecule has 1 aromatic carbocycles. The van der Waals surface area contributed by atoms with E-state index in [9.17, 15) is 11.7 Å². The first-order valence-corrected chi connectivity index (χ1v) is 7.96. The predicted molar refractivity (Wildman–Crippen MR) is 38.8 cm³/mol. The van der Waals surface area contributed by atoms with Gasteiger partial charge in [-0.25, -0.2) is 0 Å². The van der Waals surface area contributed by atoms with Crippen molar-refractivity contribution in [3.63, 3.8) is 0 Å². The van der Waals surface area contributed by atoms with Crippen LogP contribution in [0.3, 0.4) is 0 Å². The molecule has 0 amide bonds. The van der Waals surface area contributed by atoms with Crippen LogP contribution in [0.2, 0.25) is 0 Å². The van der Waals surface area contributed by atoms with E-state index in [4.69, 9.17) is 0 Å². The van der Waals surface area contributed by atoms with Crippen LogP contribution in [0.1, 0.15) is 10.4 Å². The number of carbonyl (C=O) groups excluding carboxylic acids is 1. The molecule has 0 radical (unpaired) electrons. The van der Waals surface area contributed by atoms with E-state index in [1.165, 1.54) is 0 Å². The number of halogens is 1. The van der Waals surface area contributed by atoms with E-state index in [2.05, 4.69) is 0 Å². The van der Waals surface area contributed by atoms with Gasteiger partial charge in [0.15, 0.2) is 0 Å². The van der Waals surface area contributed by atoms with E-state index in [0.29, 0.717) is 9.13 Å². The molecule has 0 aromatic heterocycles. The first-order valence-electron chi connectivity index (χ1n) is 3.43. The van der Waals surface area contributed by atoms with Gasteiger partial charge in [-0.2, -0.15) is 0 Å². The van der Waals surface area contributed by atoms with Crippen LogP contribution in [-0.2, 0) is 0 Å². The summed E-state index contributed by atoms with van der Waals surface area (Å²) in [5.41, 5.74) is 0.499. The molecule has 0 aliphatic carbocycles. The zero-order chi connectivity index (χ0) is 8.77. The van der Waals surface area contributed by atoms with Crippen molar-refractivity contribution in [1.82, 2.24) is 0 Å². The zero-order valence-corrected chi connectivity index (χ0v) is 8.35. The van der Waals surface area contributed by atoms with Gasteiger partial charge in [0.25, 0.3) is 0 Å². The number of rotatable bonds is 0. The normalized spacial score (nSPS) is 22.0. The third-order valence-electron chi connectivity index (χ3n) is 1.81. The molecule has 12 heavy (non-hydrogen) atoms. The molecule has 1 heterocycles. The molecule has 0 fully saturated rings. The van der Waals surface area contributed by atoms with E-state index in [1.807, 2.05) is 0 Å². The fourth-order valence-electron chi connectivity index (χ4n) is 1.26. The number of benzene rings is 1. The summed E-state index contributed by atoms with van der Waals surface area (Å²) < 4.78 is 19.5. The summed E-state index contributed by atoms with van der Waals surface area (Å²) in [6, 6.07) is 6.74. The van der Waals surface area contributed by atoms with Crippen LogP contribution < -0.4 is 19.3 Å². The van der Waals surface area contributed by atoms with Gasteiger partial charge >= 0.3 is 74.5 Å². The minimum atomic E-state index is -3.79. The standard InChI is InChI=1S/C8H8IO3/c10-8-5-9(11,12)7-4-2-1-3-6(7)8/h1-4,11-12H,5H2/q-1. The summed E-state index contributed by atoms with van der Waals surface area (Å²) in [5, 5.41) is 0. The van der Waals surface area contributed by atoms with Crippen molar-refractivity contribution in [3.05, 3.63) is 33.4 Å². The van der Waals surface area contributed by atoms with Crippen LogP contribution in [-0.4, -0.2) is 17.1 Å². The fraction of sp³-hybridized carbons (Fsp3) is 0.125. The van der Waals surface area contributed by atoms with Gasteiger partial charge in [-0.1, -0.05) is 0 Å². The molecular weight excluding hydrogens is 271 g/mol. The van der Waals surface area contributed by atoms with Crippen molar-refractivity contribution >= 4 is 5.78 Å². The number of ketones is 1. The molecule has 1 aliphatic rings. The van der Waals surface area contributed by atoms with Gasteiger partial charge in [-0.05, 0) is 0 Å². The topological polar surface area (TPSA) is 57.5 Å². The van der Waals surface area contributed by atoms with Gasteiger partial charge in [0.2, 0.25) is 0 Å². The second-order valence-corrected chi connectivity index (χ2v) is 8.10. The van der Waals surface area contributed by atoms with E-state index in [0.717, 1.165) is 0 Å². The van der Waals surface area contributed by atoms with Gasteiger partial charge in [0.1, 0.15) is 0 Å². The number of carbonyl (C=O) groups is 1. The van der Waals surface area contributed by atoms with Crippen molar-refractivity contribution in [2.45, 2.75) is 0 Å². The van der Waals surface area contributed by atoms with Crippen molar-refractivity contribution in [2.75, 3.05) is 4.43 Å². The quantitative estimate of drug-likeness (QED) is 0.394. The minimum absolute atomic E-state index is 0.0498. The van der Waals surface area contributed by atoms with E-state index >= 15 is 0 Å². The van der Waals surface area contributed by atoms with Crippen LogP contribution >= 0.6 is 0 Å². The van der Waals surface area contributed by atoms with Crippen molar-refractivity contribution < 1.29 is 30.9 Å². The summed E-state index contributed by atoms with van der Waals surface area (Å²) in [5.74, 6) is -0.132. The van der Waals surface area contributed by atoms with Crippen LogP contribution in [0.4, 0.5) is 0 Å². The Labute approximate surface area is 74.6 Å². The van der Waals surface area contributed by atoms with Gasteiger partial charge in [-0.15, -0.1) is 0 Å². The molecular formula is C8H8IO3-. The Kier molecular flexibility index (Phi) is 1.71. The molecule has 0 saturated heterocycles. The molecule has 3 nitrogen and oxygen atoms in total. The van der Waals surface area contributed by atoms with Crippen molar-refractivity contribution in [1.29, 1.82) is 0 Å². The fourth-order valence-corrected chi connectivity index (χ4v) is 5.25. The Morgan fingerprint density at radius 1 is 1.25 bits per heavy atom. The Morgan fingerprint density at radius 3 is 2.58 bits per heavy atom. The molecule has 0 unspecified atom stereocenters. The maximum atomic E-state index is 11.2. The molecule has 2 rings (SSSR count). The summed E-state index contributed by atoms with van der Waals surface area (Å²) in [7, 11) is 0. The maximum absolute atomic E-state index is 11.2. The van der Waals surface area contributed by atoms with Crippen molar-refractivity contribution in [2.24, 2.45) is 0 Å². The number of Topliss-reactive ketones (excluding diaryl/α,β-unsaturated/α-hetero) is 1. The molecule has 4 heteroatoms. The second kappa shape index (κ2) is 2.51. The summed E-state index contributed by atoms with van der Waals surface area (Å²) >= 11 is -3.79. The second-order valence-electron chi connectivity index (χ2n) is 2.65. The monoisotopic (exact) mass is 279 g/mol. The first kappa shape index (κ1) is 8.15. The van der Waals surface area contributed by atoms with E-state index in [-0.39, 0.29) is 10.2 Å². The van der Waals surface area contributed by atoms with Crippen LogP contribution in [0.25, 0.3) is 0 Å². The van der Waals surface area contributed by atoms with Gasteiger partial charge in [-0.3, -0.25) is 0 Å². The van der Waals surface area contributed by atoms with Crippen LogP contribution in [0.15, 0.2) is 24.3 Å². The average molecular weight is 279 g/mol. The number of hydrogen-bond donors (Lipinski definition) is 2.